The maximum Gasteiger partial charge on any atom is 0.0465 e. The molecular formula is C8H17OW-. The van der Waals surface area contributed by atoms with E-state index in [0.29, 0.717) is 0 Å². The first-order valence-electron chi connectivity index (χ1n) is 3.78. The topological polar surface area (TPSA) is 9.23 Å². The van der Waals surface area contributed by atoms with Crippen LogP contribution in [0.15, 0.2) is 0 Å². The molecule has 0 bridgehead atoms. The minimum atomic E-state index is 0. The Labute approximate surface area is 78.8 Å². The van der Waals surface area contributed by atoms with Gasteiger partial charge in [-0.25, -0.2) is 0 Å². The van der Waals surface area contributed by atoms with Crippen molar-refractivity contribution in [1.29, 1.82) is 0 Å². The van der Waals surface area contributed by atoms with Crippen LogP contribution in [0.2, 0.25) is 0 Å². The molecule has 0 atom stereocenters. The molecule has 0 aliphatic rings. The van der Waals surface area contributed by atoms with E-state index in [9.17, 15) is 0 Å². The van der Waals surface area contributed by atoms with E-state index in [1.807, 2.05) is 0 Å². The summed E-state index contributed by atoms with van der Waals surface area (Å²) in [6, 6.07) is 0. The predicted octanol–water partition coefficient (Wildman–Crippen LogP) is 2.41. The molecule has 0 aromatic heterocycles. The Hall–Kier alpha value is 0.648. The van der Waals surface area contributed by atoms with Gasteiger partial charge in [0.1, 0.15) is 0 Å². The smallest absolute Gasteiger partial charge is 0.0465 e. The number of unbranched alkanes of at least 4 members (excludes halogenated alkanes) is 2. The van der Waals surface area contributed by atoms with Crippen LogP contribution in [0.3, 0.4) is 0 Å². The van der Waals surface area contributed by atoms with E-state index in [4.69, 9.17) is 4.74 Å². The van der Waals surface area contributed by atoms with Gasteiger partial charge in [0, 0.05) is 34.3 Å². The molecule has 0 aromatic carbocycles. The Kier molecular flexibility index (Phi) is 16.3. The predicted molar refractivity (Wildman–Crippen MR) is 40.3 cm³/mol. The number of hydrogen-bond acceptors (Lipinski definition) is 1. The first kappa shape index (κ1) is 13.3. The van der Waals surface area contributed by atoms with Crippen LogP contribution in [0, 0.1) is 6.92 Å². The Balaban J connectivity index is 0. The van der Waals surface area contributed by atoms with Gasteiger partial charge >= 0.3 is 0 Å². The molecule has 10 heavy (non-hydrogen) atoms. The summed E-state index contributed by atoms with van der Waals surface area (Å²) >= 11 is 0. The molecule has 0 spiro atoms. The fraction of sp³-hybridized carbons (Fsp3) is 0.875. The molecule has 0 N–H and O–H groups in total. The van der Waals surface area contributed by atoms with Crippen molar-refractivity contribution in [2.75, 3.05) is 13.2 Å². The number of ether oxygens (including phenoxy) is 1. The maximum absolute atomic E-state index is 5.26. The molecule has 0 saturated heterocycles. The molecule has 0 amide bonds. The Morgan fingerprint density at radius 3 is 2.40 bits per heavy atom. The van der Waals surface area contributed by atoms with Crippen LogP contribution >= 0.6 is 0 Å². The molecule has 0 aliphatic heterocycles. The van der Waals surface area contributed by atoms with Crippen LogP contribution in [0.4, 0.5) is 0 Å². The van der Waals surface area contributed by atoms with E-state index in [1.165, 1.54) is 12.8 Å². The van der Waals surface area contributed by atoms with Crippen LogP contribution < -0.4 is 0 Å². The van der Waals surface area contributed by atoms with Gasteiger partial charge in [-0.15, -0.1) is 0 Å². The van der Waals surface area contributed by atoms with Gasteiger partial charge in [0.05, 0.1) is 0 Å². The monoisotopic (exact) mass is 313 g/mol. The molecular weight excluding hydrogens is 296 g/mol. The summed E-state index contributed by atoms with van der Waals surface area (Å²) < 4.78 is 5.26. The first-order valence-corrected chi connectivity index (χ1v) is 3.78. The molecule has 0 aliphatic carbocycles. The second kappa shape index (κ2) is 12.3. The van der Waals surface area contributed by atoms with Crippen molar-refractivity contribution in [3.8, 4) is 0 Å². The number of rotatable bonds is 6. The van der Waals surface area contributed by atoms with E-state index in [0.717, 1.165) is 26.1 Å². The van der Waals surface area contributed by atoms with Crippen LogP contribution in [0.25, 0.3) is 0 Å². The van der Waals surface area contributed by atoms with Gasteiger partial charge in [0.15, 0.2) is 0 Å². The van der Waals surface area contributed by atoms with Crippen LogP contribution in [-0.4, -0.2) is 13.2 Å². The van der Waals surface area contributed by atoms with Gasteiger partial charge in [-0.1, -0.05) is 13.3 Å². The molecule has 0 unspecified atom stereocenters. The van der Waals surface area contributed by atoms with E-state index < -0.39 is 0 Å². The largest absolute Gasteiger partial charge is 0.381 e. The van der Waals surface area contributed by atoms with Crippen molar-refractivity contribution in [3.05, 3.63) is 6.92 Å². The summed E-state index contributed by atoms with van der Waals surface area (Å²) in [5, 5.41) is 0. The van der Waals surface area contributed by atoms with Gasteiger partial charge in [-0.05, 0) is 12.8 Å². The Morgan fingerprint density at radius 1 is 1.20 bits per heavy atom. The van der Waals surface area contributed by atoms with Crippen molar-refractivity contribution in [2.45, 2.75) is 32.6 Å². The quantitative estimate of drug-likeness (QED) is 0.540. The second-order valence-corrected chi connectivity index (χ2v) is 2.17. The van der Waals surface area contributed by atoms with Crippen LogP contribution in [0.1, 0.15) is 32.6 Å². The third kappa shape index (κ3) is 11.4. The Bertz CT molecular complexity index is 42.5. The molecule has 1 nitrogen and oxygen atoms in total. The zero-order valence-corrected chi connectivity index (χ0v) is 9.70. The molecule has 62 valence electrons. The van der Waals surface area contributed by atoms with E-state index >= 15 is 0 Å². The summed E-state index contributed by atoms with van der Waals surface area (Å²) in [6.07, 6.45) is 4.53. The van der Waals surface area contributed by atoms with Crippen molar-refractivity contribution in [1.82, 2.24) is 0 Å². The SMILES string of the molecule is [CH2-]CCCCOCCC.[W]. The number of hydrogen-bond donors (Lipinski definition) is 0. The normalized spacial score (nSPS) is 9.00. The van der Waals surface area contributed by atoms with Crippen molar-refractivity contribution in [2.24, 2.45) is 0 Å². The average molecular weight is 313 g/mol. The molecule has 0 rings (SSSR count). The van der Waals surface area contributed by atoms with Gasteiger partial charge in [-0.2, -0.15) is 6.42 Å². The van der Waals surface area contributed by atoms with Crippen LogP contribution in [0.5, 0.6) is 0 Å². The van der Waals surface area contributed by atoms with E-state index in [2.05, 4.69) is 13.8 Å². The van der Waals surface area contributed by atoms with Gasteiger partial charge in [0.25, 0.3) is 0 Å². The van der Waals surface area contributed by atoms with Gasteiger partial charge in [-0.3, -0.25) is 0 Å². The summed E-state index contributed by atoms with van der Waals surface area (Å²) in [7, 11) is 0. The standard InChI is InChI=1S/C8H17O.W/c1-3-5-6-8-9-7-4-2;/h1,3-8H2,2H3;/q-1;. The minimum absolute atomic E-state index is 0. The third-order valence-corrected chi connectivity index (χ3v) is 1.14. The van der Waals surface area contributed by atoms with Gasteiger partial charge < -0.3 is 11.7 Å². The minimum Gasteiger partial charge on any atom is -0.381 e. The molecule has 0 heterocycles. The molecule has 2 heteroatoms. The third-order valence-electron chi connectivity index (χ3n) is 1.14. The molecule has 0 radical (unpaired) electrons. The van der Waals surface area contributed by atoms with Crippen molar-refractivity contribution in [3.63, 3.8) is 0 Å². The summed E-state index contributed by atoms with van der Waals surface area (Å²) in [5.74, 6) is 0. The zero-order chi connectivity index (χ0) is 6.95. The van der Waals surface area contributed by atoms with E-state index in [-0.39, 0.29) is 21.1 Å². The first-order chi connectivity index (χ1) is 4.41. The average Bonchev–Trinajstić information content (AvgIpc) is 1.89. The summed E-state index contributed by atoms with van der Waals surface area (Å²) in [5.41, 5.74) is 0. The fourth-order valence-electron chi connectivity index (χ4n) is 0.627. The van der Waals surface area contributed by atoms with Crippen LogP contribution in [-0.2, 0) is 25.8 Å². The maximum atomic E-state index is 5.26. The summed E-state index contributed by atoms with van der Waals surface area (Å²) in [6.45, 7) is 7.71. The fourth-order valence-corrected chi connectivity index (χ4v) is 0.627. The van der Waals surface area contributed by atoms with Crippen molar-refractivity contribution >= 4 is 0 Å². The Morgan fingerprint density at radius 2 is 1.90 bits per heavy atom. The summed E-state index contributed by atoms with van der Waals surface area (Å²) in [4.78, 5) is 0. The zero-order valence-electron chi connectivity index (χ0n) is 6.77. The molecule has 0 aromatic rings. The molecule has 0 saturated carbocycles. The second-order valence-electron chi connectivity index (χ2n) is 2.17. The molecule has 0 fully saturated rings. The van der Waals surface area contributed by atoms with E-state index in [1.54, 1.807) is 0 Å². The van der Waals surface area contributed by atoms with Crippen molar-refractivity contribution < 1.29 is 25.8 Å². The van der Waals surface area contributed by atoms with Gasteiger partial charge in [0.2, 0.25) is 0 Å².